The number of aliphatic carboxylic acids is 1. The van der Waals surface area contributed by atoms with Crippen LogP contribution in [0, 0.1) is 5.41 Å². The first-order valence-electron chi connectivity index (χ1n) is 7.40. The Morgan fingerprint density at radius 2 is 2.10 bits per heavy atom. The van der Waals surface area contributed by atoms with E-state index in [9.17, 15) is 14.7 Å². The smallest absolute Gasteiger partial charge is 0.309 e. The highest BCUT2D eigenvalue weighted by molar-refractivity contribution is 5.78. The van der Waals surface area contributed by atoms with Crippen LogP contribution in [0.5, 0.6) is 0 Å². The lowest BCUT2D eigenvalue weighted by atomic mass is 9.76. The molecular weight excluding hydrogens is 260 g/mol. The zero-order valence-corrected chi connectivity index (χ0v) is 12.1. The molecule has 0 aromatic rings. The summed E-state index contributed by atoms with van der Waals surface area (Å²) >= 11 is 0. The molecule has 1 amide bonds. The lowest BCUT2D eigenvalue weighted by Gasteiger charge is -2.39. The largest absolute Gasteiger partial charge is 0.481 e. The van der Waals surface area contributed by atoms with Gasteiger partial charge in [-0.2, -0.15) is 0 Å². The number of carbonyl (C=O) groups is 2. The Labute approximate surface area is 119 Å². The number of morpholine rings is 1. The van der Waals surface area contributed by atoms with Crippen LogP contribution >= 0.6 is 0 Å². The average Bonchev–Trinajstić information content (AvgIpc) is 2.48. The number of hydrogen-bond donors (Lipinski definition) is 2. The summed E-state index contributed by atoms with van der Waals surface area (Å²) < 4.78 is 5.34. The standard InChI is InChI=1S/C14H24N2O4/c1-2-14(13(18)19)3-6-16(7-4-14)12(17)9-11-10-20-8-5-15-11/h11,15H,2-10H2,1H3,(H,18,19). The summed E-state index contributed by atoms with van der Waals surface area (Å²) in [5.41, 5.74) is -0.636. The van der Waals surface area contributed by atoms with Crippen LogP contribution in [-0.4, -0.2) is 60.8 Å². The van der Waals surface area contributed by atoms with Crippen LogP contribution < -0.4 is 5.32 Å². The predicted octanol–water partition coefficient (Wildman–Crippen LogP) is 0.468. The fourth-order valence-electron chi connectivity index (χ4n) is 2.99. The Kier molecular flexibility index (Phi) is 4.99. The first kappa shape index (κ1) is 15.3. The van der Waals surface area contributed by atoms with Gasteiger partial charge in [0.1, 0.15) is 0 Å². The molecule has 0 spiro atoms. The quantitative estimate of drug-likeness (QED) is 0.784. The Bertz CT molecular complexity index is 358. The number of rotatable bonds is 4. The summed E-state index contributed by atoms with van der Waals surface area (Å²) in [4.78, 5) is 25.4. The highest BCUT2D eigenvalue weighted by Gasteiger charge is 2.40. The highest BCUT2D eigenvalue weighted by atomic mass is 16.5. The number of carboxylic acid groups (broad SMARTS) is 1. The maximum absolute atomic E-state index is 12.2. The van der Waals surface area contributed by atoms with E-state index in [4.69, 9.17) is 4.74 Å². The molecular formula is C14H24N2O4. The molecule has 2 N–H and O–H groups in total. The Balaban J connectivity index is 1.83. The lowest BCUT2D eigenvalue weighted by Crippen LogP contribution is -2.49. The molecule has 2 fully saturated rings. The van der Waals surface area contributed by atoms with Gasteiger partial charge < -0.3 is 20.1 Å². The van der Waals surface area contributed by atoms with Crippen molar-refractivity contribution in [3.63, 3.8) is 0 Å². The molecule has 0 bridgehead atoms. The summed E-state index contributed by atoms with van der Waals surface area (Å²) in [5.74, 6) is -0.627. The zero-order chi connectivity index (χ0) is 14.6. The summed E-state index contributed by atoms with van der Waals surface area (Å²) in [7, 11) is 0. The topological polar surface area (TPSA) is 78.9 Å². The van der Waals surface area contributed by atoms with Crippen molar-refractivity contribution >= 4 is 11.9 Å². The van der Waals surface area contributed by atoms with Gasteiger partial charge in [0.05, 0.1) is 18.6 Å². The highest BCUT2D eigenvalue weighted by Crippen LogP contribution is 2.35. The van der Waals surface area contributed by atoms with Gasteiger partial charge in [-0.15, -0.1) is 0 Å². The van der Waals surface area contributed by atoms with E-state index in [-0.39, 0.29) is 11.9 Å². The van der Waals surface area contributed by atoms with E-state index in [1.165, 1.54) is 0 Å². The van der Waals surface area contributed by atoms with Gasteiger partial charge in [-0.1, -0.05) is 6.92 Å². The number of hydrogen-bond acceptors (Lipinski definition) is 4. The number of ether oxygens (including phenoxy) is 1. The van der Waals surface area contributed by atoms with Gasteiger partial charge in [-0.3, -0.25) is 9.59 Å². The van der Waals surface area contributed by atoms with Gasteiger partial charge in [0.15, 0.2) is 0 Å². The minimum atomic E-state index is -0.727. The summed E-state index contributed by atoms with van der Waals surface area (Å²) in [6, 6.07) is 0.0913. The van der Waals surface area contributed by atoms with Crippen molar-refractivity contribution in [2.24, 2.45) is 5.41 Å². The third-order valence-corrected chi connectivity index (χ3v) is 4.62. The molecule has 0 saturated carbocycles. The van der Waals surface area contributed by atoms with Crippen LogP contribution in [0.3, 0.4) is 0 Å². The van der Waals surface area contributed by atoms with E-state index in [1.54, 1.807) is 4.90 Å². The molecule has 0 aromatic carbocycles. The summed E-state index contributed by atoms with van der Waals surface area (Å²) in [6.07, 6.45) is 2.17. The SMILES string of the molecule is CCC1(C(=O)O)CCN(C(=O)CC2COCCN2)CC1. The minimum absolute atomic E-state index is 0.0913. The fourth-order valence-corrected chi connectivity index (χ4v) is 2.99. The van der Waals surface area contributed by atoms with Gasteiger partial charge in [0, 0.05) is 32.1 Å². The Morgan fingerprint density at radius 3 is 2.60 bits per heavy atom. The second-order valence-electron chi connectivity index (χ2n) is 5.75. The summed E-state index contributed by atoms with van der Waals surface area (Å²) in [6.45, 7) is 5.07. The summed E-state index contributed by atoms with van der Waals surface area (Å²) in [5, 5.41) is 12.6. The number of amides is 1. The first-order chi connectivity index (χ1) is 9.57. The molecule has 20 heavy (non-hydrogen) atoms. The maximum Gasteiger partial charge on any atom is 0.309 e. The van der Waals surface area contributed by atoms with Gasteiger partial charge in [-0.05, 0) is 19.3 Å². The van der Waals surface area contributed by atoms with Crippen LogP contribution in [-0.2, 0) is 14.3 Å². The molecule has 114 valence electrons. The van der Waals surface area contributed by atoms with Crippen molar-refractivity contribution in [1.29, 1.82) is 0 Å². The van der Waals surface area contributed by atoms with Crippen molar-refractivity contribution in [2.75, 3.05) is 32.8 Å². The molecule has 6 nitrogen and oxygen atoms in total. The van der Waals surface area contributed by atoms with E-state index < -0.39 is 11.4 Å². The maximum atomic E-state index is 12.2. The molecule has 1 atom stereocenters. The van der Waals surface area contributed by atoms with Crippen LogP contribution in [0.15, 0.2) is 0 Å². The van der Waals surface area contributed by atoms with Crippen molar-refractivity contribution < 1.29 is 19.4 Å². The number of nitrogens with one attached hydrogen (secondary N) is 1. The van der Waals surface area contributed by atoms with E-state index in [2.05, 4.69) is 5.32 Å². The van der Waals surface area contributed by atoms with Gasteiger partial charge in [-0.25, -0.2) is 0 Å². The van der Waals surface area contributed by atoms with Crippen molar-refractivity contribution in [1.82, 2.24) is 10.2 Å². The normalized spacial score (nSPS) is 26.2. The van der Waals surface area contributed by atoms with E-state index in [0.29, 0.717) is 52.0 Å². The van der Waals surface area contributed by atoms with Gasteiger partial charge >= 0.3 is 5.97 Å². The second-order valence-corrected chi connectivity index (χ2v) is 5.75. The number of carboxylic acids is 1. The predicted molar refractivity (Wildman–Crippen MR) is 73.4 cm³/mol. The zero-order valence-electron chi connectivity index (χ0n) is 12.1. The molecule has 2 heterocycles. The Morgan fingerprint density at radius 1 is 1.40 bits per heavy atom. The van der Waals surface area contributed by atoms with Crippen LogP contribution in [0.1, 0.15) is 32.6 Å². The lowest BCUT2D eigenvalue weighted by molar-refractivity contribution is -0.154. The molecule has 1 unspecified atom stereocenters. The fraction of sp³-hybridized carbons (Fsp3) is 0.857. The van der Waals surface area contributed by atoms with Crippen LogP contribution in [0.25, 0.3) is 0 Å². The number of carbonyl (C=O) groups excluding carboxylic acids is 1. The monoisotopic (exact) mass is 284 g/mol. The molecule has 0 aliphatic carbocycles. The van der Waals surface area contributed by atoms with Gasteiger partial charge in [0.25, 0.3) is 0 Å². The molecule has 6 heteroatoms. The number of nitrogens with zero attached hydrogens (tertiary/aromatic N) is 1. The van der Waals surface area contributed by atoms with E-state index >= 15 is 0 Å². The molecule has 2 aliphatic heterocycles. The molecule has 2 saturated heterocycles. The van der Waals surface area contributed by atoms with E-state index in [1.807, 2.05) is 6.92 Å². The third-order valence-electron chi connectivity index (χ3n) is 4.62. The first-order valence-corrected chi connectivity index (χ1v) is 7.40. The van der Waals surface area contributed by atoms with E-state index in [0.717, 1.165) is 6.54 Å². The molecule has 2 rings (SSSR count). The minimum Gasteiger partial charge on any atom is -0.481 e. The molecule has 0 radical (unpaired) electrons. The third kappa shape index (κ3) is 3.30. The number of piperidine rings is 1. The Hall–Kier alpha value is -1.14. The number of likely N-dealkylation sites (tertiary alicyclic amines) is 1. The molecule has 0 aromatic heterocycles. The van der Waals surface area contributed by atoms with Crippen molar-refractivity contribution in [2.45, 2.75) is 38.6 Å². The van der Waals surface area contributed by atoms with Gasteiger partial charge in [0.2, 0.25) is 5.91 Å². The average molecular weight is 284 g/mol. The molecule has 2 aliphatic rings. The second kappa shape index (κ2) is 6.54. The van der Waals surface area contributed by atoms with Crippen LogP contribution in [0.2, 0.25) is 0 Å². The van der Waals surface area contributed by atoms with Crippen molar-refractivity contribution in [3.8, 4) is 0 Å². The van der Waals surface area contributed by atoms with Crippen LogP contribution in [0.4, 0.5) is 0 Å². The van der Waals surface area contributed by atoms with Crippen molar-refractivity contribution in [3.05, 3.63) is 0 Å².